The van der Waals surface area contributed by atoms with Gasteiger partial charge in [-0.05, 0) is 0 Å². The number of carbonyl (C=O) groups is 1. The van der Waals surface area contributed by atoms with E-state index in [-0.39, 0.29) is 0 Å². The Morgan fingerprint density at radius 3 is 3.20 bits per heavy atom. The van der Waals surface area contributed by atoms with Crippen LogP contribution < -0.4 is 0 Å². The van der Waals surface area contributed by atoms with E-state index in [1.54, 1.807) is 6.20 Å². The minimum atomic E-state index is 0.477. The van der Waals surface area contributed by atoms with Gasteiger partial charge in [0.1, 0.15) is 6.29 Å². The highest BCUT2D eigenvalue weighted by Crippen LogP contribution is 2.11. The van der Waals surface area contributed by atoms with Crippen LogP contribution in [0.25, 0.3) is 0 Å². The summed E-state index contributed by atoms with van der Waals surface area (Å²) >= 11 is 1.44. The maximum Gasteiger partial charge on any atom is 0.168 e. The smallest absolute Gasteiger partial charge is 0.168 e. The summed E-state index contributed by atoms with van der Waals surface area (Å²) in [5.74, 6) is 0.477. The molecule has 0 unspecified atom stereocenters. The van der Waals surface area contributed by atoms with Crippen molar-refractivity contribution in [3.63, 3.8) is 0 Å². The van der Waals surface area contributed by atoms with E-state index in [1.165, 1.54) is 11.8 Å². The van der Waals surface area contributed by atoms with Crippen molar-refractivity contribution < 1.29 is 4.79 Å². The van der Waals surface area contributed by atoms with Crippen LogP contribution in [0.5, 0.6) is 0 Å². The third-order valence-corrected chi connectivity index (χ3v) is 2.01. The molecule has 0 saturated heterocycles. The molecule has 4 heteroatoms. The quantitative estimate of drug-likeness (QED) is 0.477. The van der Waals surface area contributed by atoms with Gasteiger partial charge in [-0.25, -0.2) is 4.98 Å². The normalized spacial score (nSPS) is 9.70. The summed E-state index contributed by atoms with van der Waals surface area (Å²) in [6, 6.07) is 0. The number of carbonyl (C=O) groups excluding carboxylic acids is 1. The lowest BCUT2D eigenvalue weighted by Crippen LogP contribution is -1.89. The molecular weight excluding hydrogens is 148 g/mol. The molecule has 1 rings (SSSR count). The van der Waals surface area contributed by atoms with Gasteiger partial charge in [0, 0.05) is 19.4 Å². The summed E-state index contributed by atoms with van der Waals surface area (Å²) in [7, 11) is 1.90. The maximum atomic E-state index is 9.95. The van der Waals surface area contributed by atoms with Crippen molar-refractivity contribution in [3.8, 4) is 0 Å². The number of nitrogens with zero attached hydrogens (tertiary/aromatic N) is 2. The van der Waals surface area contributed by atoms with E-state index in [0.717, 1.165) is 11.4 Å². The van der Waals surface area contributed by atoms with Crippen LogP contribution in [0.3, 0.4) is 0 Å². The standard InChI is InChI=1S/C6H8N2OS/c1-8-3-2-7-6(8)10-5-4-9/h2-4H,5H2,1H3. The Morgan fingerprint density at radius 1 is 1.90 bits per heavy atom. The Hall–Kier alpha value is -0.770. The average molecular weight is 156 g/mol. The number of aldehydes is 1. The van der Waals surface area contributed by atoms with Crippen LogP contribution in [-0.4, -0.2) is 21.6 Å². The molecule has 1 aromatic rings. The molecule has 10 heavy (non-hydrogen) atoms. The van der Waals surface area contributed by atoms with Crippen molar-refractivity contribution in [2.45, 2.75) is 5.16 Å². The van der Waals surface area contributed by atoms with Gasteiger partial charge < -0.3 is 9.36 Å². The van der Waals surface area contributed by atoms with Crippen LogP contribution in [-0.2, 0) is 11.8 Å². The highest BCUT2D eigenvalue weighted by atomic mass is 32.2. The third-order valence-electron chi connectivity index (χ3n) is 1.06. The molecule has 0 bridgehead atoms. The minimum absolute atomic E-state index is 0.477. The predicted molar refractivity (Wildman–Crippen MR) is 40.0 cm³/mol. The van der Waals surface area contributed by atoms with Gasteiger partial charge in [-0.2, -0.15) is 0 Å². The zero-order chi connectivity index (χ0) is 7.40. The first-order valence-electron chi connectivity index (χ1n) is 2.88. The number of aromatic nitrogens is 2. The minimum Gasteiger partial charge on any atom is -0.329 e. The Kier molecular flexibility index (Phi) is 2.50. The Bertz CT molecular complexity index is 221. The molecule has 3 nitrogen and oxygen atoms in total. The van der Waals surface area contributed by atoms with Crippen molar-refractivity contribution in [3.05, 3.63) is 12.4 Å². The summed E-state index contributed by atoms with van der Waals surface area (Å²) in [5, 5.41) is 0.882. The molecule has 1 aromatic heterocycles. The molecule has 0 amide bonds. The zero-order valence-electron chi connectivity index (χ0n) is 5.65. The second kappa shape index (κ2) is 3.41. The molecule has 0 aliphatic carbocycles. The molecule has 0 N–H and O–H groups in total. The first kappa shape index (κ1) is 7.34. The second-order valence-electron chi connectivity index (χ2n) is 1.80. The molecular formula is C6H8N2OS. The van der Waals surface area contributed by atoms with E-state index in [0.29, 0.717) is 5.75 Å². The van der Waals surface area contributed by atoms with Gasteiger partial charge in [-0.3, -0.25) is 0 Å². The maximum absolute atomic E-state index is 9.95. The lowest BCUT2D eigenvalue weighted by molar-refractivity contribution is -0.105. The molecule has 0 fully saturated rings. The average Bonchev–Trinajstić information content (AvgIpc) is 2.31. The summed E-state index contributed by atoms with van der Waals surface area (Å²) < 4.78 is 1.88. The molecule has 0 aromatic carbocycles. The van der Waals surface area contributed by atoms with Gasteiger partial charge in [0.2, 0.25) is 0 Å². The summed E-state index contributed by atoms with van der Waals surface area (Å²) in [4.78, 5) is 14.0. The SMILES string of the molecule is Cn1ccnc1SCC=O. The van der Waals surface area contributed by atoms with Crippen molar-refractivity contribution in [1.29, 1.82) is 0 Å². The van der Waals surface area contributed by atoms with Crippen molar-refractivity contribution in [1.82, 2.24) is 9.55 Å². The van der Waals surface area contributed by atoms with Crippen LogP contribution >= 0.6 is 11.8 Å². The first-order valence-corrected chi connectivity index (χ1v) is 3.87. The Morgan fingerprint density at radius 2 is 2.70 bits per heavy atom. The fourth-order valence-corrected chi connectivity index (χ4v) is 1.22. The fraction of sp³-hybridized carbons (Fsp3) is 0.333. The second-order valence-corrected chi connectivity index (χ2v) is 2.79. The fourth-order valence-electron chi connectivity index (χ4n) is 0.600. The third kappa shape index (κ3) is 1.60. The van der Waals surface area contributed by atoms with E-state index < -0.39 is 0 Å². The molecule has 0 aliphatic rings. The number of aryl methyl sites for hydroxylation is 1. The van der Waals surface area contributed by atoms with Gasteiger partial charge in [0.15, 0.2) is 5.16 Å². The topological polar surface area (TPSA) is 34.9 Å². The summed E-state index contributed by atoms with van der Waals surface area (Å²) in [5.41, 5.74) is 0. The van der Waals surface area contributed by atoms with E-state index in [2.05, 4.69) is 4.98 Å². The van der Waals surface area contributed by atoms with E-state index >= 15 is 0 Å². The highest BCUT2D eigenvalue weighted by Gasteiger charge is 1.96. The van der Waals surface area contributed by atoms with Crippen molar-refractivity contribution in [2.75, 3.05) is 5.75 Å². The monoisotopic (exact) mass is 156 g/mol. The predicted octanol–water partition coefficient (Wildman–Crippen LogP) is 0.711. The van der Waals surface area contributed by atoms with Gasteiger partial charge in [0.25, 0.3) is 0 Å². The first-order chi connectivity index (χ1) is 4.84. The van der Waals surface area contributed by atoms with E-state index in [4.69, 9.17) is 0 Å². The van der Waals surface area contributed by atoms with Crippen LogP contribution in [0.2, 0.25) is 0 Å². The van der Waals surface area contributed by atoms with Crippen LogP contribution in [0.4, 0.5) is 0 Å². The van der Waals surface area contributed by atoms with E-state index in [1.807, 2.05) is 17.8 Å². The molecule has 1 heterocycles. The largest absolute Gasteiger partial charge is 0.329 e. The number of rotatable bonds is 3. The molecule has 0 spiro atoms. The van der Waals surface area contributed by atoms with Gasteiger partial charge in [-0.15, -0.1) is 0 Å². The van der Waals surface area contributed by atoms with Crippen molar-refractivity contribution >= 4 is 18.0 Å². The number of hydrogen-bond donors (Lipinski definition) is 0. The molecule has 0 radical (unpaired) electrons. The number of thioether (sulfide) groups is 1. The van der Waals surface area contributed by atoms with Crippen LogP contribution in [0.1, 0.15) is 0 Å². The van der Waals surface area contributed by atoms with Crippen molar-refractivity contribution in [2.24, 2.45) is 7.05 Å². The molecule has 54 valence electrons. The summed E-state index contributed by atoms with van der Waals surface area (Å²) in [6.07, 6.45) is 4.44. The zero-order valence-corrected chi connectivity index (χ0v) is 6.47. The molecule has 0 atom stereocenters. The lowest BCUT2D eigenvalue weighted by atomic mass is 10.9. The van der Waals surface area contributed by atoms with Gasteiger partial charge in [0.05, 0.1) is 5.75 Å². The lowest BCUT2D eigenvalue weighted by Gasteiger charge is -1.94. The van der Waals surface area contributed by atoms with Crippen LogP contribution in [0, 0.1) is 0 Å². The molecule has 0 saturated carbocycles. The number of hydrogen-bond acceptors (Lipinski definition) is 3. The van der Waals surface area contributed by atoms with Gasteiger partial charge >= 0.3 is 0 Å². The van der Waals surface area contributed by atoms with Gasteiger partial charge in [-0.1, -0.05) is 11.8 Å². The van der Waals surface area contributed by atoms with Crippen LogP contribution in [0.15, 0.2) is 17.6 Å². The number of imidazole rings is 1. The Labute approximate surface area is 63.4 Å². The van der Waals surface area contributed by atoms with E-state index in [9.17, 15) is 4.79 Å². The summed E-state index contributed by atoms with van der Waals surface area (Å²) in [6.45, 7) is 0. The Balaban J connectivity index is 2.56. The highest BCUT2D eigenvalue weighted by molar-refractivity contribution is 7.99. The molecule has 0 aliphatic heterocycles.